The summed E-state index contributed by atoms with van der Waals surface area (Å²) in [5, 5.41) is 9.18. The van der Waals surface area contributed by atoms with Crippen LogP contribution >= 0.6 is 11.8 Å². The number of nitrogens with zero attached hydrogens (tertiary/aromatic N) is 1. The first-order chi connectivity index (χ1) is 10.7. The highest BCUT2D eigenvalue weighted by Gasteiger charge is 2.33. The summed E-state index contributed by atoms with van der Waals surface area (Å²) in [7, 11) is 0. The highest BCUT2D eigenvalue weighted by molar-refractivity contribution is 8.13. The molecule has 0 radical (unpaired) electrons. The monoisotopic (exact) mass is 343 g/mol. The first-order valence-corrected chi connectivity index (χ1v) is 9.34. The molecule has 1 unspecified atom stereocenters. The smallest absolute Gasteiger partial charge is 0.323 e. The maximum Gasteiger partial charge on any atom is 0.323 e. The Morgan fingerprint density at radius 2 is 1.78 bits per heavy atom. The highest BCUT2D eigenvalue weighted by Crippen LogP contribution is 2.28. The summed E-state index contributed by atoms with van der Waals surface area (Å²) >= 11 is 1.19. The van der Waals surface area contributed by atoms with E-state index in [1.807, 2.05) is 27.7 Å². The number of hydrogen-bond donors (Lipinski definition) is 1. The van der Waals surface area contributed by atoms with Crippen molar-refractivity contribution < 1.29 is 19.5 Å². The van der Waals surface area contributed by atoms with E-state index in [2.05, 4.69) is 0 Å². The van der Waals surface area contributed by atoms with Crippen molar-refractivity contribution in [3.63, 3.8) is 0 Å². The van der Waals surface area contributed by atoms with E-state index in [9.17, 15) is 14.4 Å². The van der Waals surface area contributed by atoms with Gasteiger partial charge in [0.1, 0.15) is 6.54 Å². The zero-order chi connectivity index (χ0) is 17.6. The van der Waals surface area contributed by atoms with Crippen molar-refractivity contribution in [2.24, 2.45) is 11.3 Å². The van der Waals surface area contributed by atoms with Gasteiger partial charge in [0, 0.05) is 23.1 Å². The molecule has 1 amide bonds. The minimum absolute atomic E-state index is 0.0379. The van der Waals surface area contributed by atoms with Crippen LogP contribution in [0.3, 0.4) is 0 Å². The summed E-state index contributed by atoms with van der Waals surface area (Å²) < 4.78 is 0. The molecule has 1 N–H and O–H groups in total. The van der Waals surface area contributed by atoms with E-state index in [0.717, 1.165) is 25.7 Å². The number of carbonyl (C=O) groups is 3. The Balaban J connectivity index is 2.73. The number of carbonyl (C=O) groups excluding carboxylic acids is 2. The van der Waals surface area contributed by atoms with Gasteiger partial charge in [-0.05, 0) is 19.3 Å². The Labute approximate surface area is 143 Å². The maximum absolute atomic E-state index is 12.8. The number of carboxylic acids is 1. The van der Waals surface area contributed by atoms with E-state index < -0.39 is 11.4 Å². The molecule has 1 saturated carbocycles. The Kier molecular flexibility index (Phi) is 7.58. The predicted octanol–water partition coefficient (Wildman–Crippen LogP) is 3.17. The standard InChI is InChI=1S/C17H29NO4S/c1-5-12(11-23-16(22)17(2,3)4)15(21)18(10-14(19)20)13-8-6-7-9-13/h12-13H,5-11H2,1-4H3,(H,19,20). The Morgan fingerprint density at radius 3 is 2.22 bits per heavy atom. The number of rotatable bonds is 7. The summed E-state index contributed by atoms with van der Waals surface area (Å²) in [6.45, 7) is 7.26. The molecule has 23 heavy (non-hydrogen) atoms. The highest BCUT2D eigenvalue weighted by atomic mass is 32.2. The Morgan fingerprint density at radius 1 is 1.22 bits per heavy atom. The molecule has 0 aliphatic heterocycles. The molecule has 5 nitrogen and oxygen atoms in total. The van der Waals surface area contributed by atoms with Gasteiger partial charge in [-0.1, -0.05) is 52.3 Å². The molecule has 0 aromatic heterocycles. The van der Waals surface area contributed by atoms with Crippen molar-refractivity contribution in [2.75, 3.05) is 12.3 Å². The summed E-state index contributed by atoms with van der Waals surface area (Å²) in [5.74, 6) is -0.963. The molecular formula is C17H29NO4S. The fourth-order valence-corrected chi connectivity index (χ4v) is 3.90. The molecule has 0 heterocycles. The Bertz CT molecular complexity index is 438. The molecule has 1 aliphatic carbocycles. The number of amides is 1. The topological polar surface area (TPSA) is 74.7 Å². The third-order valence-corrected chi connectivity index (χ3v) is 5.67. The van der Waals surface area contributed by atoms with Gasteiger partial charge in [0.25, 0.3) is 0 Å². The van der Waals surface area contributed by atoms with Crippen LogP contribution in [0, 0.1) is 11.3 Å². The van der Waals surface area contributed by atoms with Crippen LogP contribution in [0.25, 0.3) is 0 Å². The average molecular weight is 343 g/mol. The minimum Gasteiger partial charge on any atom is -0.480 e. The van der Waals surface area contributed by atoms with Crippen LogP contribution in [0.15, 0.2) is 0 Å². The van der Waals surface area contributed by atoms with Crippen LogP contribution < -0.4 is 0 Å². The van der Waals surface area contributed by atoms with Gasteiger partial charge >= 0.3 is 5.97 Å². The lowest BCUT2D eigenvalue weighted by Crippen LogP contribution is -2.45. The molecule has 1 atom stereocenters. The molecule has 6 heteroatoms. The van der Waals surface area contributed by atoms with Gasteiger partial charge in [-0.25, -0.2) is 0 Å². The van der Waals surface area contributed by atoms with Crippen LogP contribution in [0.1, 0.15) is 59.8 Å². The van der Waals surface area contributed by atoms with Gasteiger partial charge in [-0.15, -0.1) is 0 Å². The normalized spacial score (nSPS) is 17.0. The van der Waals surface area contributed by atoms with E-state index in [1.165, 1.54) is 16.7 Å². The maximum atomic E-state index is 12.8. The fraction of sp³-hybridized carbons (Fsp3) is 0.824. The van der Waals surface area contributed by atoms with Crippen molar-refractivity contribution in [3.05, 3.63) is 0 Å². The van der Waals surface area contributed by atoms with Crippen molar-refractivity contribution in [3.8, 4) is 0 Å². The molecule has 1 aliphatic rings. The summed E-state index contributed by atoms with van der Waals surface area (Å²) in [6.07, 6.45) is 4.46. The molecule has 0 bridgehead atoms. The second-order valence-electron chi connectivity index (χ2n) is 7.25. The van der Waals surface area contributed by atoms with Gasteiger partial charge in [0.15, 0.2) is 5.12 Å². The van der Waals surface area contributed by atoms with Gasteiger partial charge in [0.2, 0.25) is 5.91 Å². The predicted molar refractivity (Wildman–Crippen MR) is 92.3 cm³/mol. The first-order valence-electron chi connectivity index (χ1n) is 8.36. The van der Waals surface area contributed by atoms with Gasteiger partial charge in [-0.2, -0.15) is 0 Å². The molecular weight excluding hydrogens is 314 g/mol. The molecule has 0 spiro atoms. The SMILES string of the molecule is CCC(CSC(=O)C(C)(C)C)C(=O)N(CC(=O)O)C1CCCC1. The van der Waals surface area contributed by atoms with Crippen LogP contribution in [0.4, 0.5) is 0 Å². The van der Waals surface area contributed by atoms with Gasteiger partial charge in [-0.3, -0.25) is 14.4 Å². The molecule has 1 fully saturated rings. The molecule has 1 rings (SSSR count). The largest absolute Gasteiger partial charge is 0.480 e. The molecule has 132 valence electrons. The van der Waals surface area contributed by atoms with E-state index >= 15 is 0 Å². The van der Waals surface area contributed by atoms with Crippen LogP contribution in [-0.4, -0.2) is 45.3 Å². The van der Waals surface area contributed by atoms with Crippen molar-refractivity contribution in [1.82, 2.24) is 4.90 Å². The summed E-state index contributed by atoms with van der Waals surface area (Å²) in [5.41, 5.74) is -0.432. The lowest BCUT2D eigenvalue weighted by Gasteiger charge is -2.31. The van der Waals surface area contributed by atoms with E-state index in [4.69, 9.17) is 5.11 Å². The summed E-state index contributed by atoms with van der Waals surface area (Å²) in [4.78, 5) is 37.5. The fourth-order valence-electron chi connectivity index (χ4n) is 2.74. The second-order valence-corrected chi connectivity index (χ2v) is 8.24. The van der Waals surface area contributed by atoms with Gasteiger partial charge in [0.05, 0.1) is 0 Å². The minimum atomic E-state index is -0.974. The number of thioether (sulfide) groups is 1. The molecule has 0 saturated heterocycles. The third-order valence-electron chi connectivity index (χ3n) is 4.22. The quantitative estimate of drug-likeness (QED) is 0.768. The lowest BCUT2D eigenvalue weighted by atomic mass is 9.99. The van der Waals surface area contributed by atoms with Crippen molar-refractivity contribution >= 4 is 28.8 Å². The summed E-state index contributed by atoms with van der Waals surface area (Å²) in [6, 6.07) is 0.0379. The van der Waals surface area contributed by atoms with E-state index in [-0.39, 0.29) is 29.5 Å². The number of hydrogen-bond acceptors (Lipinski definition) is 4. The molecule has 0 aromatic carbocycles. The van der Waals surface area contributed by atoms with Crippen LogP contribution in [0.2, 0.25) is 0 Å². The first kappa shape index (κ1) is 20.0. The van der Waals surface area contributed by atoms with Crippen LogP contribution in [-0.2, 0) is 14.4 Å². The second kappa shape index (κ2) is 8.71. The lowest BCUT2D eigenvalue weighted by molar-refractivity contribution is -0.148. The average Bonchev–Trinajstić information content (AvgIpc) is 2.97. The van der Waals surface area contributed by atoms with Gasteiger partial charge < -0.3 is 10.0 Å². The van der Waals surface area contributed by atoms with E-state index in [0.29, 0.717) is 12.2 Å². The van der Waals surface area contributed by atoms with Crippen LogP contribution in [0.5, 0.6) is 0 Å². The van der Waals surface area contributed by atoms with E-state index in [1.54, 1.807) is 0 Å². The zero-order valence-corrected chi connectivity index (χ0v) is 15.4. The van der Waals surface area contributed by atoms with Crippen molar-refractivity contribution in [2.45, 2.75) is 65.8 Å². The van der Waals surface area contributed by atoms with Crippen molar-refractivity contribution in [1.29, 1.82) is 0 Å². The molecule has 0 aromatic rings. The Hall–Kier alpha value is -1.04. The third kappa shape index (κ3) is 6.16. The number of carboxylic acid groups (broad SMARTS) is 1. The number of aliphatic carboxylic acids is 1. The zero-order valence-electron chi connectivity index (χ0n) is 14.6.